The van der Waals surface area contributed by atoms with Crippen LogP contribution < -0.4 is 9.46 Å². The van der Waals surface area contributed by atoms with Crippen LogP contribution in [0.15, 0.2) is 23.1 Å². The zero-order chi connectivity index (χ0) is 15.3. The lowest BCUT2D eigenvalue weighted by molar-refractivity contribution is 0.273. The second-order valence-corrected chi connectivity index (χ2v) is 6.73. The molecule has 0 heterocycles. The van der Waals surface area contributed by atoms with Gasteiger partial charge in [-0.3, -0.25) is 0 Å². The van der Waals surface area contributed by atoms with Crippen molar-refractivity contribution in [1.82, 2.24) is 4.72 Å². The molecule has 0 aromatic heterocycles. The average Bonchev–Trinajstić information content (AvgIpc) is 2.43. The first-order chi connectivity index (χ1) is 9.35. The fraction of sp³-hybridized carbons (Fsp3) is 0.571. The van der Waals surface area contributed by atoms with Gasteiger partial charge in [0.2, 0.25) is 10.0 Å². The van der Waals surface area contributed by atoms with E-state index in [0.29, 0.717) is 11.3 Å². The number of ether oxygens (including phenoxy) is 1. The molecule has 20 heavy (non-hydrogen) atoms. The van der Waals surface area contributed by atoms with Crippen molar-refractivity contribution in [3.05, 3.63) is 23.8 Å². The van der Waals surface area contributed by atoms with Gasteiger partial charge in [-0.05, 0) is 30.5 Å². The SMILES string of the molecule is CCC(NS(=O)(=O)c1ccc(OC)c(CO)c1)C(C)C. The van der Waals surface area contributed by atoms with Crippen LogP contribution in [0.2, 0.25) is 0 Å². The second-order valence-electron chi connectivity index (χ2n) is 5.01. The molecule has 2 N–H and O–H groups in total. The van der Waals surface area contributed by atoms with E-state index in [1.807, 2.05) is 20.8 Å². The molecule has 0 spiro atoms. The molecule has 0 radical (unpaired) electrons. The highest BCUT2D eigenvalue weighted by molar-refractivity contribution is 7.89. The summed E-state index contributed by atoms with van der Waals surface area (Å²) in [6.07, 6.45) is 0.722. The first-order valence-corrected chi connectivity index (χ1v) is 8.14. The lowest BCUT2D eigenvalue weighted by atomic mass is 10.0. The van der Waals surface area contributed by atoms with E-state index in [9.17, 15) is 13.5 Å². The molecule has 0 bridgehead atoms. The van der Waals surface area contributed by atoms with Gasteiger partial charge in [-0.25, -0.2) is 13.1 Å². The summed E-state index contributed by atoms with van der Waals surface area (Å²) in [7, 11) is -2.11. The monoisotopic (exact) mass is 301 g/mol. The zero-order valence-corrected chi connectivity index (χ0v) is 13.2. The molecule has 0 fully saturated rings. The molecule has 1 aromatic carbocycles. The van der Waals surface area contributed by atoms with Crippen molar-refractivity contribution in [1.29, 1.82) is 0 Å². The third kappa shape index (κ3) is 3.94. The zero-order valence-electron chi connectivity index (χ0n) is 12.4. The number of methoxy groups -OCH3 is 1. The van der Waals surface area contributed by atoms with Crippen molar-refractivity contribution in [2.75, 3.05) is 7.11 Å². The van der Waals surface area contributed by atoms with Crippen molar-refractivity contribution in [3.8, 4) is 5.75 Å². The number of nitrogens with one attached hydrogen (secondary N) is 1. The quantitative estimate of drug-likeness (QED) is 0.806. The van der Waals surface area contributed by atoms with Gasteiger partial charge >= 0.3 is 0 Å². The highest BCUT2D eigenvalue weighted by atomic mass is 32.2. The van der Waals surface area contributed by atoms with E-state index in [1.165, 1.54) is 19.2 Å². The average molecular weight is 301 g/mol. The van der Waals surface area contributed by atoms with Gasteiger partial charge in [-0.1, -0.05) is 20.8 Å². The van der Waals surface area contributed by atoms with Crippen molar-refractivity contribution in [3.63, 3.8) is 0 Å². The molecule has 0 aliphatic rings. The Morgan fingerprint density at radius 2 is 2.00 bits per heavy atom. The van der Waals surface area contributed by atoms with E-state index in [2.05, 4.69) is 4.72 Å². The summed E-state index contributed by atoms with van der Waals surface area (Å²) < 4.78 is 32.4. The van der Waals surface area contributed by atoms with Gasteiger partial charge in [-0.2, -0.15) is 0 Å². The van der Waals surface area contributed by atoms with E-state index in [0.717, 1.165) is 6.42 Å². The highest BCUT2D eigenvalue weighted by Crippen LogP contribution is 2.23. The number of sulfonamides is 1. The summed E-state index contributed by atoms with van der Waals surface area (Å²) in [4.78, 5) is 0.140. The predicted octanol–water partition coefficient (Wildman–Crippen LogP) is 1.90. The molecular weight excluding hydrogens is 278 g/mol. The number of hydrogen-bond acceptors (Lipinski definition) is 4. The molecule has 1 unspecified atom stereocenters. The van der Waals surface area contributed by atoms with E-state index in [1.54, 1.807) is 6.07 Å². The second kappa shape index (κ2) is 7.06. The van der Waals surface area contributed by atoms with Crippen LogP contribution in [0.1, 0.15) is 32.8 Å². The van der Waals surface area contributed by atoms with Gasteiger partial charge in [0, 0.05) is 11.6 Å². The Labute approximate surface area is 121 Å². The molecule has 1 aromatic rings. The first-order valence-electron chi connectivity index (χ1n) is 6.65. The van der Waals surface area contributed by atoms with E-state index >= 15 is 0 Å². The molecule has 0 saturated carbocycles. The Bertz CT molecular complexity index is 540. The number of hydrogen-bond donors (Lipinski definition) is 2. The lowest BCUT2D eigenvalue weighted by Crippen LogP contribution is -2.38. The summed E-state index contributed by atoms with van der Waals surface area (Å²) in [6, 6.07) is 4.36. The normalized spacial score (nSPS) is 13.5. The Hall–Kier alpha value is -1.11. The van der Waals surface area contributed by atoms with Crippen LogP contribution >= 0.6 is 0 Å². The van der Waals surface area contributed by atoms with Crippen LogP contribution in [-0.2, 0) is 16.6 Å². The smallest absolute Gasteiger partial charge is 0.240 e. The Balaban J connectivity index is 3.09. The number of aliphatic hydroxyl groups is 1. The van der Waals surface area contributed by atoms with Gasteiger partial charge in [0.05, 0.1) is 18.6 Å². The maximum Gasteiger partial charge on any atom is 0.240 e. The fourth-order valence-corrected chi connectivity index (χ4v) is 3.52. The summed E-state index contributed by atoms with van der Waals surface area (Å²) in [5, 5.41) is 9.26. The van der Waals surface area contributed by atoms with Crippen LogP contribution in [-0.4, -0.2) is 26.7 Å². The first kappa shape index (κ1) is 16.9. The minimum Gasteiger partial charge on any atom is -0.496 e. The van der Waals surface area contributed by atoms with E-state index in [4.69, 9.17) is 4.74 Å². The van der Waals surface area contributed by atoms with Crippen LogP contribution in [0.3, 0.4) is 0 Å². The minimum absolute atomic E-state index is 0.111. The summed E-state index contributed by atoms with van der Waals surface area (Å²) >= 11 is 0. The lowest BCUT2D eigenvalue weighted by Gasteiger charge is -2.21. The standard InChI is InChI=1S/C14H23NO4S/c1-5-13(10(2)3)15-20(17,18)12-6-7-14(19-4)11(8-12)9-16/h6-8,10,13,15-16H,5,9H2,1-4H3. The minimum atomic E-state index is -3.59. The van der Waals surface area contributed by atoms with Gasteiger partial charge in [0.25, 0.3) is 0 Å². The third-order valence-electron chi connectivity index (χ3n) is 3.28. The summed E-state index contributed by atoms with van der Waals surface area (Å²) in [5.74, 6) is 0.688. The molecule has 0 aliphatic carbocycles. The molecule has 5 nitrogen and oxygen atoms in total. The van der Waals surface area contributed by atoms with Crippen LogP contribution in [0.4, 0.5) is 0 Å². The van der Waals surface area contributed by atoms with Crippen LogP contribution in [0.25, 0.3) is 0 Å². The Kier molecular flexibility index (Phi) is 5.98. The summed E-state index contributed by atoms with van der Waals surface area (Å²) in [6.45, 7) is 5.63. The van der Waals surface area contributed by atoms with Gasteiger partial charge in [-0.15, -0.1) is 0 Å². The number of aliphatic hydroxyl groups excluding tert-OH is 1. The van der Waals surface area contributed by atoms with Crippen molar-refractivity contribution in [2.24, 2.45) is 5.92 Å². The Morgan fingerprint density at radius 3 is 2.45 bits per heavy atom. The number of benzene rings is 1. The predicted molar refractivity (Wildman–Crippen MR) is 78.2 cm³/mol. The molecule has 6 heteroatoms. The van der Waals surface area contributed by atoms with Gasteiger partial charge in [0.1, 0.15) is 5.75 Å². The molecule has 1 atom stereocenters. The molecule has 114 valence electrons. The molecule has 1 rings (SSSR count). The van der Waals surface area contributed by atoms with Gasteiger partial charge < -0.3 is 9.84 Å². The van der Waals surface area contributed by atoms with Crippen molar-refractivity contribution >= 4 is 10.0 Å². The van der Waals surface area contributed by atoms with E-state index < -0.39 is 10.0 Å². The van der Waals surface area contributed by atoms with Crippen LogP contribution in [0, 0.1) is 5.92 Å². The molecule has 0 saturated heterocycles. The number of rotatable bonds is 7. The molecular formula is C14H23NO4S. The molecule has 0 aliphatic heterocycles. The summed E-state index contributed by atoms with van der Waals surface area (Å²) in [5.41, 5.74) is 0.452. The van der Waals surface area contributed by atoms with Crippen LogP contribution in [0.5, 0.6) is 5.75 Å². The maximum absolute atomic E-state index is 12.3. The highest BCUT2D eigenvalue weighted by Gasteiger charge is 2.22. The molecule has 0 amide bonds. The topological polar surface area (TPSA) is 75.6 Å². The fourth-order valence-electron chi connectivity index (χ4n) is 2.00. The van der Waals surface area contributed by atoms with Gasteiger partial charge in [0.15, 0.2) is 0 Å². The van der Waals surface area contributed by atoms with Crippen molar-refractivity contribution in [2.45, 2.75) is 44.7 Å². The maximum atomic E-state index is 12.3. The Morgan fingerprint density at radius 1 is 1.35 bits per heavy atom. The largest absolute Gasteiger partial charge is 0.496 e. The van der Waals surface area contributed by atoms with Crippen molar-refractivity contribution < 1.29 is 18.3 Å². The third-order valence-corrected chi connectivity index (χ3v) is 4.77. The van der Waals surface area contributed by atoms with E-state index in [-0.39, 0.29) is 23.5 Å².